The highest BCUT2D eigenvalue weighted by molar-refractivity contribution is 5.81. The van der Waals surface area contributed by atoms with Gasteiger partial charge in [-0.15, -0.1) is 0 Å². The standard InChI is InChI=1S/C17H32O8/c1-5-15(17(19)25-13-11-23-9-7-21-4)14(2)16(18)24-12-10-22-8-6-20-3/h14-15H,5-13H2,1-4H3. The van der Waals surface area contributed by atoms with Crippen molar-refractivity contribution in [1.29, 1.82) is 0 Å². The first-order valence-electron chi connectivity index (χ1n) is 8.55. The van der Waals surface area contributed by atoms with Crippen molar-refractivity contribution < 1.29 is 38.0 Å². The van der Waals surface area contributed by atoms with Gasteiger partial charge in [-0.25, -0.2) is 0 Å². The van der Waals surface area contributed by atoms with Crippen LogP contribution in [0.5, 0.6) is 0 Å². The van der Waals surface area contributed by atoms with Crippen LogP contribution in [0.2, 0.25) is 0 Å². The maximum Gasteiger partial charge on any atom is 0.309 e. The Labute approximate surface area is 150 Å². The number of methoxy groups -OCH3 is 2. The Bertz CT molecular complexity index is 348. The summed E-state index contributed by atoms with van der Waals surface area (Å²) in [5.74, 6) is -1.97. The number of rotatable bonds is 16. The summed E-state index contributed by atoms with van der Waals surface area (Å²) in [7, 11) is 3.17. The lowest BCUT2D eigenvalue weighted by molar-refractivity contribution is -0.162. The molecule has 0 aromatic carbocycles. The molecule has 0 heterocycles. The summed E-state index contributed by atoms with van der Waals surface area (Å²) < 4.78 is 30.4. The van der Waals surface area contributed by atoms with Crippen molar-refractivity contribution in [1.82, 2.24) is 0 Å². The van der Waals surface area contributed by atoms with Crippen LogP contribution in [-0.4, -0.2) is 79.0 Å². The maximum atomic E-state index is 12.1. The van der Waals surface area contributed by atoms with Gasteiger partial charge in [0, 0.05) is 14.2 Å². The van der Waals surface area contributed by atoms with Gasteiger partial charge >= 0.3 is 11.9 Å². The summed E-state index contributed by atoms with van der Waals surface area (Å²) in [4.78, 5) is 24.1. The number of esters is 2. The SMILES string of the molecule is CCC(C(=O)OCCOCCOC)C(C)C(=O)OCCOCCOC. The molecule has 2 atom stereocenters. The first kappa shape index (κ1) is 23.8. The Kier molecular flexibility index (Phi) is 15.5. The Hall–Kier alpha value is -1.22. The predicted molar refractivity (Wildman–Crippen MR) is 90.3 cm³/mol. The molecule has 0 aromatic rings. The van der Waals surface area contributed by atoms with Gasteiger partial charge in [0.25, 0.3) is 0 Å². The van der Waals surface area contributed by atoms with Crippen LogP contribution in [0, 0.1) is 11.8 Å². The Balaban J connectivity index is 4.02. The lowest BCUT2D eigenvalue weighted by Crippen LogP contribution is -2.31. The van der Waals surface area contributed by atoms with E-state index in [-0.39, 0.29) is 13.2 Å². The summed E-state index contributed by atoms with van der Waals surface area (Å²) in [6, 6.07) is 0. The van der Waals surface area contributed by atoms with Crippen LogP contribution in [0.25, 0.3) is 0 Å². The summed E-state index contributed by atoms with van der Waals surface area (Å²) in [6.07, 6.45) is 0.490. The first-order chi connectivity index (χ1) is 12.1. The zero-order valence-corrected chi connectivity index (χ0v) is 15.8. The van der Waals surface area contributed by atoms with E-state index in [2.05, 4.69) is 0 Å². The molecule has 0 rings (SSSR count). The number of carbonyl (C=O) groups is 2. The smallest absolute Gasteiger partial charge is 0.309 e. The molecule has 148 valence electrons. The summed E-state index contributed by atoms with van der Waals surface area (Å²) in [6.45, 7) is 6.25. The van der Waals surface area contributed by atoms with Gasteiger partial charge in [-0.3, -0.25) is 9.59 Å². The summed E-state index contributed by atoms with van der Waals surface area (Å²) in [5.41, 5.74) is 0. The second-order valence-electron chi connectivity index (χ2n) is 5.35. The van der Waals surface area contributed by atoms with E-state index in [0.29, 0.717) is 46.1 Å². The van der Waals surface area contributed by atoms with E-state index in [1.165, 1.54) is 0 Å². The summed E-state index contributed by atoms with van der Waals surface area (Å²) >= 11 is 0. The molecular weight excluding hydrogens is 332 g/mol. The molecule has 0 saturated heterocycles. The van der Waals surface area contributed by atoms with E-state index in [1.54, 1.807) is 21.1 Å². The van der Waals surface area contributed by atoms with E-state index in [0.717, 1.165) is 0 Å². The lowest BCUT2D eigenvalue weighted by atomic mass is 9.92. The van der Waals surface area contributed by atoms with Crippen molar-refractivity contribution in [3.63, 3.8) is 0 Å². The molecule has 0 aromatic heterocycles. The van der Waals surface area contributed by atoms with E-state index in [4.69, 9.17) is 28.4 Å². The molecule has 0 spiro atoms. The number of hydrogen-bond donors (Lipinski definition) is 0. The minimum absolute atomic E-state index is 0.145. The maximum absolute atomic E-state index is 12.1. The van der Waals surface area contributed by atoms with Gasteiger partial charge in [-0.1, -0.05) is 13.8 Å². The van der Waals surface area contributed by atoms with Crippen molar-refractivity contribution in [3.8, 4) is 0 Å². The number of carbonyl (C=O) groups excluding carboxylic acids is 2. The molecule has 0 saturated carbocycles. The fraction of sp³-hybridized carbons (Fsp3) is 0.882. The molecule has 0 N–H and O–H groups in total. The lowest BCUT2D eigenvalue weighted by Gasteiger charge is -2.20. The van der Waals surface area contributed by atoms with Crippen LogP contribution >= 0.6 is 0 Å². The minimum Gasteiger partial charge on any atom is -0.463 e. The topological polar surface area (TPSA) is 89.5 Å². The molecule has 0 radical (unpaired) electrons. The average molecular weight is 364 g/mol. The van der Waals surface area contributed by atoms with Crippen LogP contribution in [0.15, 0.2) is 0 Å². The highest BCUT2D eigenvalue weighted by Crippen LogP contribution is 2.19. The molecule has 0 aliphatic rings. The second kappa shape index (κ2) is 16.3. The molecule has 0 fully saturated rings. The van der Waals surface area contributed by atoms with Gasteiger partial charge in [-0.2, -0.15) is 0 Å². The van der Waals surface area contributed by atoms with Gasteiger partial charge in [0.15, 0.2) is 0 Å². The molecular formula is C17H32O8. The fourth-order valence-corrected chi connectivity index (χ4v) is 2.02. The highest BCUT2D eigenvalue weighted by Gasteiger charge is 2.31. The highest BCUT2D eigenvalue weighted by atomic mass is 16.6. The zero-order valence-electron chi connectivity index (χ0n) is 15.8. The molecule has 0 bridgehead atoms. The quantitative estimate of drug-likeness (QED) is 0.297. The van der Waals surface area contributed by atoms with Gasteiger partial charge in [-0.05, 0) is 6.42 Å². The van der Waals surface area contributed by atoms with E-state index in [9.17, 15) is 9.59 Å². The third kappa shape index (κ3) is 11.9. The van der Waals surface area contributed by atoms with Crippen molar-refractivity contribution in [3.05, 3.63) is 0 Å². The Morgan fingerprint density at radius 3 is 1.60 bits per heavy atom. The van der Waals surface area contributed by atoms with E-state index in [1.807, 2.05) is 6.92 Å². The van der Waals surface area contributed by atoms with Crippen LogP contribution < -0.4 is 0 Å². The van der Waals surface area contributed by atoms with Crippen molar-refractivity contribution >= 4 is 11.9 Å². The summed E-state index contributed by atoms with van der Waals surface area (Å²) in [5, 5.41) is 0. The minimum atomic E-state index is -0.578. The number of hydrogen-bond acceptors (Lipinski definition) is 8. The van der Waals surface area contributed by atoms with Crippen molar-refractivity contribution in [2.75, 3.05) is 67.1 Å². The van der Waals surface area contributed by atoms with Gasteiger partial charge in [0.1, 0.15) is 13.2 Å². The van der Waals surface area contributed by atoms with E-state index >= 15 is 0 Å². The number of ether oxygens (including phenoxy) is 6. The normalized spacial score (nSPS) is 13.3. The van der Waals surface area contributed by atoms with Gasteiger partial charge in [0.2, 0.25) is 0 Å². The molecule has 0 aliphatic heterocycles. The average Bonchev–Trinajstić information content (AvgIpc) is 2.61. The van der Waals surface area contributed by atoms with E-state index < -0.39 is 23.8 Å². The third-order valence-electron chi connectivity index (χ3n) is 3.53. The molecule has 25 heavy (non-hydrogen) atoms. The van der Waals surface area contributed by atoms with Crippen LogP contribution in [0.1, 0.15) is 20.3 Å². The molecule has 0 amide bonds. The monoisotopic (exact) mass is 364 g/mol. The predicted octanol–water partition coefficient (Wildman–Crippen LogP) is 1.06. The second-order valence-corrected chi connectivity index (χ2v) is 5.35. The fourth-order valence-electron chi connectivity index (χ4n) is 2.02. The van der Waals surface area contributed by atoms with Crippen LogP contribution in [-0.2, 0) is 38.0 Å². The third-order valence-corrected chi connectivity index (χ3v) is 3.53. The Morgan fingerprint density at radius 2 is 1.16 bits per heavy atom. The first-order valence-corrected chi connectivity index (χ1v) is 8.55. The van der Waals surface area contributed by atoms with Gasteiger partial charge in [0.05, 0.1) is 51.5 Å². The van der Waals surface area contributed by atoms with Crippen LogP contribution in [0.4, 0.5) is 0 Å². The van der Waals surface area contributed by atoms with Crippen LogP contribution in [0.3, 0.4) is 0 Å². The van der Waals surface area contributed by atoms with Gasteiger partial charge < -0.3 is 28.4 Å². The largest absolute Gasteiger partial charge is 0.463 e. The van der Waals surface area contributed by atoms with Crippen molar-refractivity contribution in [2.24, 2.45) is 11.8 Å². The molecule has 8 heteroatoms. The van der Waals surface area contributed by atoms with Crippen molar-refractivity contribution in [2.45, 2.75) is 20.3 Å². The zero-order chi connectivity index (χ0) is 18.9. The Morgan fingerprint density at radius 1 is 0.720 bits per heavy atom. The molecule has 2 unspecified atom stereocenters. The molecule has 8 nitrogen and oxygen atoms in total. The molecule has 0 aliphatic carbocycles.